The molecule has 0 aromatic carbocycles. The third-order valence-corrected chi connectivity index (χ3v) is 4.65. The Balaban J connectivity index is 1.40. The molecule has 1 atom stereocenters. The average molecular weight is 365 g/mol. The first-order chi connectivity index (χ1) is 13.2. The molecule has 1 aliphatic rings. The molecular weight excluding hydrogens is 342 g/mol. The Morgan fingerprint density at radius 3 is 2.85 bits per heavy atom. The standard InChI is InChI=1S/C20H23N5O2/c1-14(2)19-23-20(27-24-19)16-5-9-22-18(11-16)25-10-6-17(12-25)26-13-15-3-7-21-8-4-15/h3-5,7-9,11,14,17H,6,10,12-13H2,1-2H3. The maximum absolute atomic E-state index is 6.05. The Morgan fingerprint density at radius 1 is 1.22 bits per heavy atom. The van der Waals surface area contributed by atoms with E-state index in [1.54, 1.807) is 18.6 Å². The molecular formula is C20H23N5O2. The largest absolute Gasteiger partial charge is 0.372 e. The van der Waals surface area contributed by atoms with E-state index in [4.69, 9.17) is 9.26 Å². The molecule has 0 aliphatic carbocycles. The minimum atomic E-state index is 0.194. The van der Waals surface area contributed by atoms with Crippen molar-refractivity contribution in [3.8, 4) is 11.5 Å². The fraction of sp³-hybridized carbons (Fsp3) is 0.400. The number of nitrogens with zero attached hydrogens (tertiary/aromatic N) is 5. The van der Waals surface area contributed by atoms with Gasteiger partial charge in [-0.25, -0.2) is 4.98 Å². The number of rotatable bonds is 6. The topological polar surface area (TPSA) is 77.2 Å². The summed E-state index contributed by atoms with van der Waals surface area (Å²) < 4.78 is 11.4. The third kappa shape index (κ3) is 4.14. The zero-order valence-corrected chi connectivity index (χ0v) is 15.6. The van der Waals surface area contributed by atoms with Crippen molar-refractivity contribution in [3.05, 3.63) is 54.2 Å². The first-order valence-electron chi connectivity index (χ1n) is 9.24. The van der Waals surface area contributed by atoms with Crippen LogP contribution in [0.4, 0.5) is 5.82 Å². The number of anilines is 1. The van der Waals surface area contributed by atoms with Crippen LogP contribution in [0.2, 0.25) is 0 Å². The SMILES string of the molecule is CC(C)c1noc(-c2ccnc(N3CCC(OCc4ccncc4)C3)c2)n1. The molecule has 0 radical (unpaired) electrons. The molecule has 4 heterocycles. The van der Waals surface area contributed by atoms with Crippen molar-refractivity contribution in [2.75, 3.05) is 18.0 Å². The molecule has 7 nitrogen and oxygen atoms in total. The quantitative estimate of drug-likeness (QED) is 0.662. The second-order valence-corrected chi connectivity index (χ2v) is 7.04. The van der Waals surface area contributed by atoms with Gasteiger partial charge in [0.1, 0.15) is 5.82 Å². The van der Waals surface area contributed by atoms with Gasteiger partial charge in [-0.1, -0.05) is 19.0 Å². The normalized spacial score (nSPS) is 17.0. The van der Waals surface area contributed by atoms with Gasteiger partial charge < -0.3 is 14.2 Å². The van der Waals surface area contributed by atoms with Crippen molar-refractivity contribution >= 4 is 5.82 Å². The van der Waals surface area contributed by atoms with E-state index in [9.17, 15) is 0 Å². The van der Waals surface area contributed by atoms with Crippen LogP contribution < -0.4 is 4.90 Å². The zero-order chi connectivity index (χ0) is 18.6. The van der Waals surface area contributed by atoms with E-state index in [1.807, 2.05) is 38.1 Å². The molecule has 1 aliphatic heterocycles. The van der Waals surface area contributed by atoms with Crippen LogP contribution in [0.5, 0.6) is 0 Å². The van der Waals surface area contributed by atoms with Gasteiger partial charge in [-0.3, -0.25) is 4.98 Å². The van der Waals surface area contributed by atoms with Crippen LogP contribution in [0.25, 0.3) is 11.5 Å². The molecule has 1 unspecified atom stereocenters. The van der Waals surface area contributed by atoms with Gasteiger partial charge in [0.05, 0.1) is 12.7 Å². The summed E-state index contributed by atoms with van der Waals surface area (Å²) in [5.41, 5.74) is 2.03. The van der Waals surface area contributed by atoms with Crippen molar-refractivity contribution in [1.82, 2.24) is 20.1 Å². The molecule has 0 saturated carbocycles. The second kappa shape index (κ2) is 7.84. The Bertz CT molecular complexity index is 881. The first-order valence-corrected chi connectivity index (χ1v) is 9.24. The number of hydrogen-bond donors (Lipinski definition) is 0. The fourth-order valence-electron chi connectivity index (χ4n) is 3.08. The van der Waals surface area contributed by atoms with Crippen LogP contribution in [-0.4, -0.2) is 39.3 Å². The maximum atomic E-state index is 6.05. The van der Waals surface area contributed by atoms with Gasteiger partial charge in [0.25, 0.3) is 5.89 Å². The van der Waals surface area contributed by atoms with Crippen molar-refractivity contribution in [2.24, 2.45) is 0 Å². The maximum Gasteiger partial charge on any atom is 0.258 e. The van der Waals surface area contributed by atoms with Crippen molar-refractivity contribution < 1.29 is 9.26 Å². The van der Waals surface area contributed by atoms with Crippen LogP contribution in [0.15, 0.2) is 47.4 Å². The summed E-state index contributed by atoms with van der Waals surface area (Å²) in [6.07, 6.45) is 6.54. The Hall–Kier alpha value is -2.80. The van der Waals surface area contributed by atoms with E-state index in [0.717, 1.165) is 36.5 Å². The van der Waals surface area contributed by atoms with Gasteiger partial charge in [-0.05, 0) is 36.2 Å². The van der Waals surface area contributed by atoms with Crippen LogP contribution in [0.1, 0.15) is 37.6 Å². The summed E-state index contributed by atoms with van der Waals surface area (Å²) in [4.78, 5) is 15.3. The predicted octanol–water partition coefficient (Wildman–Crippen LogP) is 3.45. The highest BCUT2D eigenvalue weighted by atomic mass is 16.5. The molecule has 140 valence electrons. The number of pyridine rings is 2. The Kier molecular flexibility index (Phi) is 5.11. The van der Waals surface area contributed by atoms with Crippen LogP contribution in [-0.2, 0) is 11.3 Å². The summed E-state index contributed by atoms with van der Waals surface area (Å²) in [6.45, 7) is 6.43. The average Bonchev–Trinajstić information content (AvgIpc) is 3.37. The summed E-state index contributed by atoms with van der Waals surface area (Å²) in [5, 5.41) is 4.04. The highest BCUT2D eigenvalue weighted by Crippen LogP contribution is 2.26. The smallest absolute Gasteiger partial charge is 0.258 e. The molecule has 0 spiro atoms. The summed E-state index contributed by atoms with van der Waals surface area (Å²) in [7, 11) is 0. The number of aromatic nitrogens is 4. The van der Waals surface area contributed by atoms with Crippen molar-refractivity contribution in [1.29, 1.82) is 0 Å². The number of hydrogen-bond acceptors (Lipinski definition) is 7. The summed E-state index contributed by atoms with van der Waals surface area (Å²) in [5.74, 6) is 2.40. The monoisotopic (exact) mass is 365 g/mol. The second-order valence-electron chi connectivity index (χ2n) is 7.04. The van der Waals surface area contributed by atoms with Crippen LogP contribution in [0.3, 0.4) is 0 Å². The molecule has 0 N–H and O–H groups in total. The van der Waals surface area contributed by atoms with E-state index >= 15 is 0 Å². The molecule has 1 fully saturated rings. The van der Waals surface area contributed by atoms with Crippen molar-refractivity contribution in [3.63, 3.8) is 0 Å². The summed E-state index contributed by atoms with van der Waals surface area (Å²) >= 11 is 0. The molecule has 3 aromatic heterocycles. The lowest BCUT2D eigenvalue weighted by Crippen LogP contribution is -2.23. The van der Waals surface area contributed by atoms with E-state index in [2.05, 4.69) is 25.0 Å². The van der Waals surface area contributed by atoms with Gasteiger partial charge in [-0.2, -0.15) is 4.98 Å². The molecule has 0 bridgehead atoms. The lowest BCUT2D eigenvalue weighted by Gasteiger charge is -2.18. The number of ether oxygens (including phenoxy) is 1. The first kappa shape index (κ1) is 17.6. The van der Waals surface area contributed by atoms with Gasteiger partial charge in [-0.15, -0.1) is 0 Å². The molecule has 3 aromatic rings. The summed E-state index contributed by atoms with van der Waals surface area (Å²) in [6, 6.07) is 7.86. The van der Waals surface area contributed by atoms with Gasteiger partial charge >= 0.3 is 0 Å². The van der Waals surface area contributed by atoms with Gasteiger partial charge in [0.15, 0.2) is 5.82 Å². The Labute approximate surface area is 158 Å². The van der Waals surface area contributed by atoms with Crippen LogP contribution in [0, 0.1) is 0 Å². The van der Waals surface area contributed by atoms with Crippen LogP contribution >= 0.6 is 0 Å². The lowest BCUT2D eigenvalue weighted by molar-refractivity contribution is 0.0553. The fourth-order valence-corrected chi connectivity index (χ4v) is 3.08. The zero-order valence-electron chi connectivity index (χ0n) is 15.6. The third-order valence-electron chi connectivity index (χ3n) is 4.65. The minimum Gasteiger partial charge on any atom is -0.372 e. The van der Waals surface area contributed by atoms with E-state index in [-0.39, 0.29) is 12.0 Å². The molecule has 7 heteroatoms. The molecule has 4 rings (SSSR count). The lowest BCUT2D eigenvalue weighted by atomic mass is 10.2. The van der Waals surface area contributed by atoms with Gasteiger partial charge in [0.2, 0.25) is 0 Å². The minimum absolute atomic E-state index is 0.194. The van der Waals surface area contributed by atoms with E-state index in [0.29, 0.717) is 18.3 Å². The Morgan fingerprint density at radius 2 is 2.07 bits per heavy atom. The predicted molar refractivity (Wildman–Crippen MR) is 101 cm³/mol. The molecule has 1 saturated heterocycles. The van der Waals surface area contributed by atoms with Crippen molar-refractivity contribution in [2.45, 2.75) is 38.9 Å². The molecule has 0 amide bonds. The highest BCUT2D eigenvalue weighted by molar-refractivity contribution is 5.59. The van der Waals surface area contributed by atoms with Gasteiger partial charge in [0, 0.05) is 43.2 Å². The van der Waals surface area contributed by atoms with E-state index in [1.165, 1.54) is 0 Å². The highest BCUT2D eigenvalue weighted by Gasteiger charge is 2.24. The van der Waals surface area contributed by atoms with E-state index < -0.39 is 0 Å². The molecule has 27 heavy (non-hydrogen) atoms.